The molecule has 2 aromatic heterocycles. The quantitative estimate of drug-likeness (QED) is 0.503. The first kappa shape index (κ1) is 23.6. The zero-order valence-electron chi connectivity index (χ0n) is 19.3. The van der Waals surface area contributed by atoms with Gasteiger partial charge in [-0.15, -0.1) is 0 Å². The highest BCUT2D eigenvalue weighted by molar-refractivity contribution is 5.90. The summed E-state index contributed by atoms with van der Waals surface area (Å²) in [6.07, 6.45) is 0.235. The predicted molar refractivity (Wildman–Crippen MR) is 126 cm³/mol. The van der Waals surface area contributed by atoms with Crippen LogP contribution in [0.25, 0.3) is 22.3 Å². The molecule has 0 saturated carbocycles. The molecule has 0 aliphatic carbocycles. The maximum atomic E-state index is 15.2. The fourth-order valence-electron chi connectivity index (χ4n) is 3.90. The third kappa shape index (κ3) is 4.69. The minimum absolute atomic E-state index is 0.0539. The van der Waals surface area contributed by atoms with E-state index in [0.29, 0.717) is 24.3 Å². The Bertz CT molecular complexity index is 1200. The molecule has 0 radical (unpaired) electrons. The van der Waals surface area contributed by atoms with Crippen molar-refractivity contribution in [3.63, 3.8) is 0 Å². The van der Waals surface area contributed by atoms with E-state index in [1.807, 2.05) is 11.8 Å². The number of carbonyl (C=O) groups excluding carboxylic acids is 1. The third-order valence-corrected chi connectivity index (χ3v) is 5.74. The molecule has 3 N–H and O–H groups in total. The van der Waals surface area contributed by atoms with Crippen molar-refractivity contribution in [2.75, 3.05) is 50.5 Å². The maximum absolute atomic E-state index is 15.2. The molecule has 0 spiro atoms. The SMILES string of the molecule is CC1CNCCN1c1nc(NCCC(=O)N(C)C)nc2nc(-c3c(O)cccc3F)c(F)cc12. The second-order valence-electron chi connectivity index (χ2n) is 8.41. The summed E-state index contributed by atoms with van der Waals surface area (Å²) >= 11 is 0. The van der Waals surface area contributed by atoms with Crippen LogP contribution in [0.15, 0.2) is 24.3 Å². The minimum Gasteiger partial charge on any atom is -0.507 e. The topological polar surface area (TPSA) is 107 Å². The van der Waals surface area contributed by atoms with Crippen LogP contribution in [-0.4, -0.2) is 77.2 Å². The van der Waals surface area contributed by atoms with Crippen LogP contribution in [0.1, 0.15) is 13.3 Å². The number of phenolic OH excluding ortho intramolecular Hbond substituents is 1. The van der Waals surface area contributed by atoms with Crippen LogP contribution >= 0.6 is 0 Å². The Kier molecular flexibility index (Phi) is 6.73. The van der Waals surface area contributed by atoms with Crippen LogP contribution in [0.3, 0.4) is 0 Å². The normalized spacial score (nSPS) is 16.0. The molecule has 1 amide bonds. The van der Waals surface area contributed by atoms with Crippen LogP contribution < -0.4 is 15.5 Å². The van der Waals surface area contributed by atoms with Crippen molar-refractivity contribution in [3.05, 3.63) is 35.9 Å². The Hall–Kier alpha value is -3.60. The molecule has 1 atom stereocenters. The van der Waals surface area contributed by atoms with Gasteiger partial charge in [-0.2, -0.15) is 9.97 Å². The molecule has 1 unspecified atom stereocenters. The molecule has 1 aromatic carbocycles. The summed E-state index contributed by atoms with van der Waals surface area (Å²) < 4.78 is 29.7. The average molecular weight is 472 g/mol. The van der Waals surface area contributed by atoms with Gasteiger partial charge in [-0.1, -0.05) is 6.07 Å². The number of nitrogens with one attached hydrogen (secondary N) is 2. The fraction of sp³-hybridized carbons (Fsp3) is 0.391. The van der Waals surface area contributed by atoms with Crippen molar-refractivity contribution in [3.8, 4) is 17.0 Å². The number of fused-ring (bicyclic) bond motifs is 1. The number of anilines is 2. The lowest BCUT2D eigenvalue weighted by Gasteiger charge is -2.35. The number of pyridine rings is 1. The average Bonchev–Trinajstić information content (AvgIpc) is 2.79. The van der Waals surface area contributed by atoms with Gasteiger partial charge in [0, 0.05) is 52.7 Å². The van der Waals surface area contributed by atoms with E-state index in [2.05, 4.69) is 25.6 Å². The Morgan fingerprint density at radius 3 is 2.76 bits per heavy atom. The second kappa shape index (κ2) is 9.72. The predicted octanol–water partition coefficient (Wildman–Crippen LogP) is 2.36. The Balaban J connectivity index is 1.81. The van der Waals surface area contributed by atoms with Crippen molar-refractivity contribution in [1.29, 1.82) is 0 Å². The summed E-state index contributed by atoms with van der Waals surface area (Å²) in [7, 11) is 3.35. The smallest absolute Gasteiger partial charge is 0.226 e. The minimum atomic E-state index is -0.795. The van der Waals surface area contributed by atoms with Gasteiger partial charge >= 0.3 is 0 Å². The number of hydrogen-bond acceptors (Lipinski definition) is 8. The number of amides is 1. The van der Waals surface area contributed by atoms with Gasteiger partial charge in [0.05, 0.1) is 10.9 Å². The van der Waals surface area contributed by atoms with Crippen molar-refractivity contribution in [1.82, 2.24) is 25.2 Å². The van der Waals surface area contributed by atoms with Gasteiger partial charge in [-0.25, -0.2) is 13.8 Å². The van der Waals surface area contributed by atoms with Crippen molar-refractivity contribution < 1.29 is 18.7 Å². The molecule has 3 heterocycles. The molecule has 180 valence electrons. The van der Waals surface area contributed by atoms with Gasteiger partial charge in [-0.05, 0) is 25.1 Å². The lowest BCUT2D eigenvalue weighted by molar-refractivity contribution is -0.128. The van der Waals surface area contributed by atoms with E-state index in [4.69, 9.17) is 0 Å². The third-order valence-electron chi connectivity index (χ3n) is 5.74. The molecule has 9 nitrogen and oxygen atoms in total. The lowest BCUT2D eigenvalue weighted by Crippen LogP contribution is -2.50. The number of phenols is 1. The summed E-state index contributed by atoms with van der Waals surface area (Å²) in [5.41, 5.74) is -0.519. The number of piperazine rings is 1. The number of hydrogen-bond donors (Lipinski definition) is 3. The van der Waals surface area contributed by atoms with Crippen LogP contribution in [0.4, 0.5) is 20.5 Å². The molecular weight excluding hydrogens is 444 g/mol. The van der Waals surface area contributed by atoms with Gasteiger partial charge in [0.1, 0.15) is 23.1 Å². The summed E-state index contributed by atoms with van der Waals surface area (Å²) in [6, 6.07) is 5.03. The highest BCUT2D eigenvalue weighted by atomic mass is 19.1. The molecule has 0 bridgehead atoms. The molecule has 1 saturated heterocycles. The van der Waals surface area contributed by atoms with Crippen LogP contribution in [-0.2, 0) is 4.79 Å². The molecule has 1 aliphatic rings. The molecule has 34 heavy (non-hydrogen) atoms. The first-order valence-corrected chi connectivity index (χ1v) is 11.0. The van der Waals surface area contributed by atoms with Crippen molar-refractivity contribution >= 4 is 28.7 Å². The lowest BCUT2D eigenvalue weighted by atomic mass is 10.1. The van der Waals surface area contributed by atoms with E-state index in [0.717, 1.165) is 19.2 Å². The molecule has 1 fully saturated rings. The maximum Gasteiger partial charge on any atom is 0.226 e. The standard InChI is InChI=1S/C23H27F2N7O2/c1-13-12-26-9-10-32(13)22-14-11-16(25)20(19-15(24)5-4-6-17(19)33)28-21(14)29-23(30-22)27-8-7-18(34)31(2)3/h4-6,11,13,26,33H,7-10,12H2,1-3H3,(H,27,28,29,30). The summed E-state index contributed by atoms with van der Waals surface area (Å²) in [5, 5.41) is 16.9. The number of carbonyl (C=O) groups is 1. The van der Waals surface area contributed by atoms with E-state index in [1.165, 1.54) is 23.1 Å². The number of halogens is 2. The van der Waals surface area contributed by atoms with E-state index in [1.54, 1.807) is 14.1 Å². The zero-order chi connectivity index (χ0) is 24.4. The Labute approximate surface area is 195 Å². The molecule has 3 aromatic rings. The first-order valence-electron chi connectivity index (χ1n) is 11.0. The van der Waals surface area contributed by atoms with Crippen LogP contribution in [0.2, 0.25) is 0 Å². The van der Waals surface area contributed by atoms with Gasteiger partial charge in [0.2, 0.25) is 11.9 Å². The molecule has 1 aliphatic heterocycles. The van der Waals surface area contributed by atoms with E-state index < -0.39 is 17.4 Å². The van der Waals surface area contributed by atoms with Crippen LogP contribution in [0.5, 0.6) is 5.75 Å². The number of nitrogens with zero attached hydrogens (tertiary/aromatic N) is 5. The highest BCUT2D eigenvalue weighted by Gasteiger charge is 2.25. The first-order chi connectivity index (χ1) is 16.3. The highest BCUT2D eigenvalue weighted by Crippen LogP contribution is 2.35. The number of rotatable bonds is 6. The van der Waals surface area contributed by atoms with E-state index >= 15 is 4.39 Å². The van der Waals surface area contributed by atoms with Gasteiger partial charge in [-0.3, -0.25) is 4.79 Å². The Morgan fingerprint density at radius 1 is 1.26 bits per heavy atom. The Morgan fingerprint density at radius 2 is 2.06 bits per heavy atom. The fourth-order valence-corrected chi connectivity index (χ4v) is 3.90. The van der Waals surface area contributed by atoms with Gasteiger partial charge < -0.3 is 25.5 Å². The van der Waals surface area contributed by atoms with E-state index in [9.17, 15) is 14.3 Å². The monoisotopic (exact) mass is 471 g/mol. The van der Waals surface area contributed by atoms with E-state index in [-0.39, 0.29) is 41.2 Å². The number of aromatic hydroxyl groups is 1. The number of benzene rings is 1. The van der Waals surface area contributed by atoms with Crippen molar-refractivity contribution in [2.24, 2.45) is 0 Å². The molecule has 11 heteroatoms. The van der Waals surface area contributed by atoms with Crippen LogP contribution in [0, 0.1) is 11.6 Å². The summed E-state index contributed by atoms with van der Waals surface area (Å²) in [6.45, 7) is 4.42. The molecular formula is C23H27F2N7O2. The zero-order valence-corrected chi connectivity index (χ0v) is 19.3. The van der Waals surface area contributed by atoms with Gasteiger partial charge in [0.25, 0.3) is 0 Å². The number of aromatic nitrogens is 3. The van der Waals surface area contributed by atoms with Crippen molar-refractivity contribution in [2.45, 2.75) is 19.4 Å². The molecule has 4 rings (SSSR count). The van der Waals surface area contributed by atoms with Gasteiger partial charge in [0.15, 0.2) is 11.5 Å². The summed E-state index contributed by atoms with van der Waals surface area (Å²) in [5.74, 6) is -1.34. The largest absolute Gasteiger partial charge is 0.507 e. The second-order valence-corrected chi connectivity index (χ2v) is 8.41. The summed E-state index contributed by atoms with van der Waals surface area (Å²) in [4.78, 5) is 28.8.